The van der Waals surface area contributed by atoms with Crippen LogP contribution in [0.25, 0.3) is 23.1 Å². The molecule has 2 aromatic carbocycles. The van der Waals surface area contributed by atoms with Gasteiger partial charge in [0.05, 0.1) is 30.3 Å². The van der Waals surface area contributed by atoms with E-state index in [2.05, 4.69) is 10.2 Å². The van der Waals surface area contributed by atoms with Crippen LogP contribution >= 0.6 is 0 Å². The van der Waals surface area contributed by atoms with E-state index in [9.17, 15) is 9.59 Å². The number of nitrogens with zero attached hydrogens (tertiary/aromatic N) is 1. The number of carbonyl (C=O) groups excluding carboxylic acids is 2. The lowest BCUT2D eigenvalue weighted by Crippen LogP contribution is -2.07. The Labute approximate surface area is 156 Å². The highest BCUT2D eigenvalue weighted by Crippen LogP contribution is 2.32. The Hall–Kier alpha value is -3.41. The number of hydrogen-bond donors (Lipinski definition) is 1. The number of rotatable bonds is 6. The van der Waals surface area contributed by atoms with Gasteiger partial charge in [0.15, 0.2) is 5.78 Å². The van der Waals surface area contributed by atoms with Gasteiger partial charge in [0.25, 0.3) is 0 Å². The van der Waals surface area contributed by atoms with Gasteiger partial charge in [0, 0.05) is 5.56 Å². The Morgan fingerprint density at radius 2 is 1.85 bits per heavy atom. The first-order valence-electron chi connectivity index (χ1n) is 8.56. The standard InChI is InChI=1S/C21H20N2O4/c1-4-27-21(25)16-10-12-18-19(20(16)26-3)17(22-23-18)11-7-14-5-8-15(9-6-14)13(2)24/h5-12H,4H2,1-3H3,(H,22,23)/b11-7+. The number of methoxy groups -OCH3 is 1. The molecule has 3 aromatic rings. The summed E-state index contributed by atoms with van der Waals surface area (Å²) in [6, 6.07) is 10.7. The van der Waals surface area contributed by atoms with Crippen molar-refractivity contribution in [3.63, 3.8) is 0 Å². The lowest BCUT2D eigenvalue weighted by atomic mass is 10.1. The van der Waals surface area contributed by atoms with Crippen LogP contribution in [0.3, 0.4) is 0 Å². The molecule has 1 heterocycles. The molecule has 6 heteroatoms. The van der Waals surface area contributed by atoms with Crippen LogP contribution in [0, 0.1) is 0 Å². The molecule has 0 aliphatic rings. The maximum absolute atomic E-state index is 12.2. The smallest absolute Gasteiger partial charge is 0.341 e. The number of nitrogens with one attached hydrogen (secondary N) is 1. The third-order valence-corrected chi connectivity index (χ3v) is 4.16. The average Bonchev–Trinajstić information content (AvgIpc) is 3.09. The molecule has 0 fully saturated rings. The van der Waals surface area contributed by atoms with Crippen LogP contribution in [0.4, 0.5) is 0 Å². The van der Waals surface area contributed by atoms with Crippen LogP contribution in [0.5, 0.6) is 5.75 Å². The van der Waals surface area contributed by atoms with Gasteiger partial charge in [-0.3, -0.25) is 9.89 Å². The van der Waals surface area contributed by atoms with Gasteiger partial charge in [0.1, 0.15) is 11.3 Å². The van der Waals surface area contributed by atoms with Crippen molar-refractivity contribution < 1.29 is 19.1 Å². The number of aromatic nitrogens is 2. The second-order valence-corrected chi connectivity index (χ2v) is 5.91. The summed E-state index contributed by atoms with van der Waals surface area (Å²) in [5.74, 6) is 0.0137. The van der Waals surface area contributed by atoms with E-state index in [1.54, 1.807) is 31.2 Å². The molecule has 0 radical (unpaired) electrons. The number of fused-ring (bicyclic) bond motifs is 1. The fourth-order valence-corrected chi connectivity index (χ4v) is 2.81. The molecule has 0 spiro atoms. The monoisotopic (exact) mass is 364 g/mol. The molecule has 0 atom stereocenters. The minimum absolute atomic E-state index is 0.0290. The second-order valence-electron chi connectivity index (χ2n) is 5.91. The summed E-state index contributed by atoms with van der Waals surface area (Å²) < 4.78 is 10.6. The number of ketones is 1. The highest BCUT2D eigenvalue weighted by molar-refractivity contribution is 6.03. The Kier molecular flexibility index (Phi) is 5.35. The number of hydrogen-bond acceptors (Lipinski definition) is 5. The quantitative estimate of drug-likeness (QED) is 0.525. The number of aromatic amines is 1. The van der Waals surface area contributed by atoms with Crippen LogP contribution in [0.15, 0.2) is 36.4 Å². The third-order valence-electron chi connectivity index (χ3n) is 4.16. The molecule has 0 saturated heterocycles. The van der Waals surface area contributed by atoms with Crippen molar-refractivity contribution >= 4 is 34.8 Å². The molecule has 6 nitrogen and oxygen atoms in total. The van der Waals surface area contributed by atoms with Gasteiger partial charge in [-0.05, 0) is 37.6 Å². The molecule has 27 heavy (non-hydrogen) atoms. The third kappa shape index (κ3) is 3.74. The van der Waals surface area contributed by atoms with Gasteiger partial charge in [-0.25, -0.2) is 4.79 Å². The highest BCUT2D eigenvalue weighted by atomic mass is 16.5. The predicted molar refractivity (Wildman–Crippen MR) is 104 cm³/mol. The van der Waals surface area contributed by atoms with E-state index >= 15 is 0 Å². The Morgan fingerprint density at radius 3 is 2.48 bits per heavy atom. The van der Waals surface area contributed by atoms with Gasteiger partial charge in [-0.15, -0.1) is 0 Å². The highest BCUT2D eigenvalue weighted by Gasteiger charge is 2.19. The zero-order chi connectivity index (χ0) is 19.4. The van der Waals surface area contributed by atoms with Crippen molar-refractivity contribution in [2.24, 2.45) is 0 Å². The summed E-state index contributed by atoms with van der Waals surface area (Å²) in [7, 11) is 1.51. The largest absolute Gasteiger partial charge is 0.495 e. The number of esters is 1. The number of Topliss-reactive ketones (excluding diaryl/α,β-unsaturated/α-hetero) is 1. The van der Waals surface area contributed by atoms with Crippen LogP contribution in [0.1, 0.15) is 45.8 Å². The Bertz CT molecular complexity index is 1020. The van der Waals surface area contributed by atoms with Crippen LogP contribution in [-0.2, 0) is 4.74 Å². The van der Waals surface area contributed by atoms with Gasteiger partial charge in [-0.2, -0.15) is 5.10 Å². The number of benzene rings is 2. The van der Waals surface area contributed by atoms with Crippen molar-refractivity contribution in [1.29, 1.82) is 0 Å². The molecule has 138 valence electrons. The van der Waals surface area contributed by atoms with Crippen LogP contribution in [-0.4, -0.2) is 35.7 Å². The molecule has 0 saturated carbocycles. The molecule has 1 aromatic heterocycles. The fourth-order valence-electron chi connectivity index (χ4n) is 2.81. The van der Waals surface area contributed by atoms with E-state index in [4.69, 9.17) is 9.47 Å². The van der Waals surface area contributed by atoms with Crippen LogP contribution in [0.2, 0.25) is 0 Å². The number of carbonyl (C=O) groups is 2. The summed E-state index contributed by atoms with van der Waals surface area (Å²) in [6.45, 7) is 3.58. The van der Waals surface area contributed by atoms with Crippen molar-refractivity contribution in [1.82, 2.24) is 10.2 Å². The van der Waals surface area contributed by atoms with E-state index in [0.717, 1.165) is 5.56 Å². The average molecular weight is 364 g/mol. The van der Waals surface area contributed by atoms with Gasteiger partial charge >= 0.3 is 5.97 Å². The summed E-state index contributed by atoms with van der Waals surface area (Å²) in [5.41, 5.74) is 3.35. The lowest BCUT2D eigenvalue weighted by molar-refractivity contribution is 0.0523. The summed E-state index contributed by atoms with van der Waals surface area (Å²) in [4.78, 5) is 23.6. The van der Waals surface area contributed by atoms with Crippen molar-refractivity contribution in [2.45, 2.75) is 13.8 Å². The Morgan fingerprint density at radius 1 is 1.11 bits per heavy atom. The number of H-pyrrole nitrogens is 1. The van der Waals surface area contributed by atoms with E-state index in [1.165, 1.54) is 14.0 Å². The number of ether oxygens (including phenoxy) is 2. The first-order valence-corrected chi connectivity index (χ1v) is 8.56. The normalized spacial score (nSPS) is 11.1. The lowest BCUT2D eigenvalue weighted by Gasteiger charge is -2.09. The van der Waals surface area contributed by atoms with Crippen molar-refractivity contribution in [3.05, 3.63) is 58.8 Å². The maximum Gasteiger partial charge on any atom is 0.341 e. The Balaban J connectivity index is 2.00. The minimum atomic E-state index is -0.438. The van der Waals surface area contributed by atoms with E-state index < -0.39 is 5.97 Å². The van der Waals surface area contributed by atoms with E-state index in [1.807, 2.05) is 24.3 Å². The van der Waals surface area contributed by atoms with Gasteiger partial charge < -0.3 is 9.47 Å². The predicted octanol–water partition coefficient (Wildman–Crippen LogP) is 4.12. The van der Waals surface area contributed by atoms with Gasteiger partial charge in [0.2, 0.25) is 0 Å². The SMILES string of the molecule is CCOC(=O)c1ccc2n[nH]c(/C=C/c3ccc(C(C)=O)cc3)c2c1OC. The van der Waals surface area contributed by atoms with Crippen LogP contribution < -0.4 is 4.74 Å². The van der Waals surface area contributed by atoms with Crippen molar-refractivity contribution in [2.75, 3.05) is 13.7 Å². The maximum atomic E-state index is 12.2. The molecule has 0 unspecified atom stereocenters. The molecule has 3 rings (SSSR count). The molecule has 0 aliphatic carbocycles. The first-order chi connectivity index (χ1) is 13.0. The molecule has 1 N–H and O–H groups in total. The molecular weight excluding hydrogens is 344 g/mol. The molecule has 0 aliphatic heterocycles. The minimum Gasteiger partial charge on any atom is -0.495 e. The second kappa shape index (κ2) is 7.86. The summed E-state index contributed by atoms with van der Waals surface area (Å²) in [6.07, 6.45) is 3.75. The summed E-state index contributed by atoms with van der Waals surface area (Å²) in [5, 5.41) is 7.94. The first kappa shape index (κ1) is 18.4. The molecular formula is C21H20N2O4. The van der Waals surface area contributed by atoms with E-state index in [-0.39, 0.29) is 12.4 Å². The van der Waals surface area contributed by atoms with Gasteiger partial charge in [-0.1, -0.05) is 30.3 Å². The van der Waals surface area contributed by atoms with E-state index in [0.29, 0.717) is 33.5 Å². The zero-order valence-electron chi connectivity index (χ0n) is 15.4. The fraction of sp³-hybridized carbons (Fsp3) is 0.190. The van der Waals surface area contributed by atoms with Crippen molar-refractivity contribution in [3.8, 4) is 5.75 Å². The molecule has 0 bridgehead atoms. The zero-order valence-corrected chi connectivity index (χ0v) is 15.4. The summed E-state index contributed by atoms with van der Waals surface area (Å²) >= 11 is 0. The molecule has 0 amide bonds. The topological polar surface area (TPSA) is 81.3 Å².